The Morgan fingerprint density at radius 3 is 2.67 bits per heavy atom. The number of halogens is 3. The SMILES string of the molecule is [2H]C([2H])([2H])n1cc(-c2ccnc(Nc3cc(NC(=O)/C=C/C=C)c(N(C)CCN(C)C)cc3OC(F)(F)F)n2)c2ccccc21. The largest absolute Gasteiger partial charge is 0.573 e. The second-order valence-corrected chi connectivity index (χ2v) is 9.54. The Balaban J connectivity index is 1.81. The predicted molar refractivity (Wildman–Crippen MR) is 160 cm³/mol. The summed E-state index contributed by atoms with van der Waals surface area (Å²) in [5.41, 5.74) is 1.56. The molecule has 2 heterocycles. The summed E-state index contributed by atoms with van der Waals surface area (Å²) < 4.78 is 70.1. The second-order valence-electron chi connectivity index (χ2n) is 9.54. The number of carbonyl (C=O) groups excluding carboxylic acids is 1. The number of carbonyl (C=O) groups is 1. The first kappa shape index (κ1) is 26.1. The molecule has 0 atom stereocenters. The number of nitrogens with zero attached hydrogens (tertiary/aromatic N) is 5. The van der Waals surface area contributed by atoms with Crippen LogP contribution in [0.5, 0.6) is 5.75 Å². The summed E-state index contributed by atoms with van der Waals surface area (Å²) >= 11 is 0. The first-order valence-electron chi connectivity index (χ1n) is 14.3. The zero-order valence-electron chi connectivity index (χ0n) is 26.2. The number of hydrogen-bond acceptors (Lipinski definition) is 7. The van der Waals surface area contributed by atoms with E-state index >= 15 is 0 Å². The van der Waals surface area contributed by atoms with E-state index in [0.29, 0.717) is 35.2 Å². The van der Waals surface area contributed by atoms with Crippen LogP contribution < -0.4 is 20.3 Å². The van der Waals surface area contributed by atoms with Gasteiger partial charge in [0.2, 0.25) is 11.9 Å². The third kappa shape index (κ3) is 7.46. The van der Waals surface area contributed by atoms with Crippen LogP contribution in [0.25, 0.3) is 22.2 Å². The number of alkyl halides is 3. The Hall–Kier alpha value is -4.84. The Bertz CT molecular complexity index is 1720. The molecule has 0 spiro atoms. The summed E-state index contributed by atoms with van der Waals surface area (Å²) in [5.74, 6) is -1.21. The standard InChI is InChI=1S/C30H32F3N7O2/c1-6-7-12-28(41)35-23-17-24(27(42-30(31,32)33)18-26(23)39(4)16-15-38(2)3)37-29-34-14-13-22(36-29)21-19-40(5)25-11-9-8-10-20(21)25/h6-14,17-19H,1,15-16H2,2-5H3,(H,35,41)(H,34,36,37)/b12-7+/i5D3. The molecular formula is C30H32F3N7O2. The van der Waals surface area contributed by atoms with Crippen LogP contribution >= 0.6 is 0 Å². The maximum atomic E-state index is 13.6. The molecule has 0 aliphatic heterocycles. The van der Waals surface area contributed by atoms with Crippen LogP contribution in [0.15, 0.2) is 79.7 Å². The number of para-hydroxylation sites is 1. The van der Waals surface area contributed by atoms with Crippen molar-refractivity contribution in [2.45, 2.75) is 6.36 Å². The van der Waals surface area contributed by atoms with Gasteiger partial charge in [0.1, 0.15) is 0 Å². The quantitative estimate of drug-likeness (QED) is 0.167. The molecule has 2 aromatic carbocycles. The smallest absolute Gasteiger partial charge is 0.403 e. The minimum absolute atomic E-state index is 0.0946. The van der Waals surface area contributed by atoms with Crippen LogP contribution in [0.1, 0.15) is 4.11 Å². The fraction of sp³-hybridized carbons (Fsp3) is 0.233. The van der Waals surface area contributed by atoms with Gasteiger partial charge in [0.15, 0.2) is 5.75 Å². The van der Waals surface area contributed by atoms with Gasteiger partial charge in [-0.25, -0.2) is 9.97 Å². The van der Waals surface area contributed by atoms with E-state index in [2.05, 4.69) is 31.9 Å². The molecule has 0 unspecified atom stereocenters. The van der Waals surface area contributed by atoms with Crippen molar-refractivity contribution in [2.75, 3.05) is 49.8 Å². The summed E-state index contributed by atoms with van der Waals surface area (Å²) in [7, 11) is 5.40. The van der Waals surface area contributed by atoms with Crippen molar-refractivity contribution in [3.05, 3.63) is 79.7 Å². The highest BCUT2D eigenvalue weighted by Gasteiger charge is 2.33. The number of nitrogens with one attached hydrogen (secondary N) is 2. The lowest BCUT2D eigenvalue weighted by Crippen LogP contribution is -2.29. The number of aromatic nitrogens is 3. The van der Waals surface area contributed by atoms with Gasteiger partial charge < -0.3 is 29.7 Å². The maximum Gasteiger partial charge on any atom is 0.573 e. The minimum Gasteiger partial charge on any atom is -0.403 e. The molecule has 220 valence electrons. The molecular weight excluding hydrogens is 547 g/mol. The van der Waals surface area contributed by atoms with E-state index < -0.39 is 25.0 Å². The zero-order valence-corrected chi connectivity index (χ0v) is 23.2. The van der Waals surface area contributed by atoms with E-state index in [1.807, 2.05) is 19.0 Å². The number of aryl methyl sites for hydroxylation is 1. The molecule has 42 heavy (non-hydrogen) atoms. The Morgan fingerprint density at radius 1 is 1.17 bits per heavy atom. The normalized spacial score (nSPS) is 13.1. The number of fused-ring (bicyclic) bond motifs is 1. The van der Waals surface area contributed by atoms with Crippen molar-refractivity contribution in [3.63, 3.8) is 0 Å². The van der Waals surface area contributed by atoms with Gasteiger partial charge in [0.05, 0.1) is 22.8 Å². The number of anilines is 4. The lowest BCUT2D eigenvalue weighted by molar-refractivity contribution is -0.274. The van der Waals surface area contributed by atoms with E-state index in [1.54, 1.807) is 42.3 Å². The van der Waals surface area contributed by atoms with Crippen molar-refractivity contribution < 1.29 is 26.8 Å². The van der Waals surface area contributed by atoms with Gasteiger partial charge in [-0.2, -0.15) is 0 Å². The lowest BCUT2D eigenvalue weighted by Gasteiger charge is -2.26. The number of allylic oxidation sites excluding steroid dienone is 2. The molecule has 1 amide bonds. The fourth-order valence-electron chi connectivity index (χ4n) is 4.17. The van der Waals surface area contributed by atoms with E-state index in [1.165, 1.54) is 42.8 Å². The second kappa shape index (κ2) is 12.8. The maximum absolute atomic E-state index is 13.6. The summed E-state index contributed by atoms with van der Waals surface area (Å²) in [6.45, 7) is 2.08. The van der Waals surface area contributed by atoms with Gasteiger partial charge in [0.25, 0.3) is 0 Å². The third-order valence-electron chi connectivity index (χ3n) is 6.15. The molecule has 0 saturated heterocycles. The lowest BCUT2D eigenvalue weighted by atomic mass is 10.1. The average molecular weight is 583 g/mol. The van der Waals surface area contributed by atoms with Crippen LogP contribution in [0.3, 0.4) is 0 Å². The molecule has 0 aliphatic rings. The van der Waals surface area contributed by atoms with Crippen molar-refractivity contribution >= 4 is 39.8 Å². The molecule has 12 heteroatoms. The predicted octanol–water partition coefficient (Wildman–Crippen LogP) is 5.96. The molecule has 4 rings (SSSR count). The fourth-order valence-corrected chi connectivity index (χ4v) is 4.17. The van der Waals surface area contributed by atoms with Crippen molar-refractivity contribution in [3.8, 4) is 17.0 Å². The highest BCUT2D eigenvalue weighted by Crippen LogP contribution is 2.40. The van der Waals surface area contributed by atoms with Crippen molar-refractivity contribution in [1.82, 2.24) is 19.4 Å². The number of ether oxygens (including phenoxy) is 1. The first-order valence-corrected chi connectivity index (χ1v) is 12.8. The van der Waals surface area contributed by atoms with Gasteiger partial charge >= 0.3 is 6.36 Å². The van der Waals surface area contributed by atoms with Crippen molar-refractivity contribution in [2.24, 2.45) is 6.98 Å². The number of rotatable bonds is 11. The van der Waals surface area contributed by atoms with E-state index in [9.17, 15) is 18.0 Å². The minimum atomic E-state index is -5.03. The molecule has 0 radical (unpaired) electrons. The van der Waals surface area contributed by atoms with Gasteiger partial charge in [0, 0.05) is 72.2 Å². The topological polar surface area (TPSA) is 87.6 Å². The zero-order chi connectivity index (χ0) is 32.9. The van der Waals surface area contributed by atoms with Crippen LogP contribution in [0.4, 0.5) is 36.2 Å². The summed E-state index contributed by atoms with van der Waals surface area (Å²) in [6.07, 6.45) is 1.87. The first-order chi connectivity index (χ1) is 21.2. The summed E-state index contributed by atoms with van der Waals surface area (Å²) in [4.78, 5) is 24.9. The van der Waals surface area contributed by atoms with Gasteiger partial charge in [-0.05, 0) is 32.3 Å². The molecule has 0 bridgehead atoms. The number of benzene rings is 2. The van der Waals surface area contributed by atoms with Crippen molar-refractivity contribution in [1.29, 1.82) is 0 Å². The highest BCUT2D eigenvalue weighted by atomic mass is 19.4. The van der Waals surface area contributed by atoms with E-state index in [0.717, 1.165) is 4.57 Å². The number of hydrogen-bond donors (Lipinski definition) is 2. The summed E-state index contributed by atoms with van der Waals surface area (Å²) in [5, 5.41) is 6.10. The van der Waals surface area contributed by atoms with Gasteiger partial charge in [-0.3, -0.25) is 4.79 Å². The van der Waals surface area contributed by atoms with E-state index in [4.69, 9.17) is 4.11 Å². The Morgan fingerprint density at radius 2 is 1.95 bits per heavy atom. The highest BCUT2D eigenvalue weighted by molar-refractivity contribution is 6.02. The number of amides is 1. The summed E-state index contributed by atoms with van der Waals surface area (Å²) in [6, 6.07) is 10.9. The Labute approximate surface area is 246 Å². The molecule has 9 nitrogen and oxygen atoms in total. The Kier molecular flexibility index (Phi) is 7.93. The monoisotopic (exact) mass is 582 g/mol. The molecule has 0 aliphatic carbocycles. The molecule has 2 aromatic heterocycles. The van der Waals surface area contributed by atoms with Crippen LogP contribution in [0.2, 0.25) is 0 Å². The number of likely N-dealkylation sites (N-methyl/N-ethyl adjacent to an activating group) is 2. The molecule has 2 N–H and O–H groups in total. The van der Waals surface area contributed by atoms with Gasteiger partial charge in [-0.15, -0.1) is 13.2 Å². The molecule has 0 saturated carbocycles. The van der Waals surface area contributed by atoms with Crippen LogP contribution in [0, 0.1) is 0 Å². The molecule has 4 aromatic rings. The average Bonchev–Trinajstić information content (AvgIpc) is 3.36. The van der Waals surface area contributed by atoms with Crippen LogP contribution in [-0.2, 0) is 11.8 Å². The van der Waals surface area contributed by atoms with Gasteiger partial charge in [-0.1, -0.05) is 36.9 Å². The molecule has 0 fully saturated rings. The van der Waals surface area contributed by atoms with Crippen LogP contribution in [-0.4, -0.2) is 65.9 Å². The van der Waals surface area contributed by atoms with E-state index in [-0.39, 0.29) is 23.0 Å². The third-order valence-corrected chi connectivity index (χ3v) is 6.15.